The fourth-order valence-electron chi connectivity index (χ4n) is 2.09. The smallest absolute Gasteiger partial charge is 0.329 e. The molecule has 0 spiro atoms. The zero-order valence-electron chi connectivity index (χ0n) is 10.6. The summed E-state index contributed by atoms with van der Waals surface area (Å²) in [6, 6.07) is 4.41. The molecular weight excluding hydrogens is 330 g/mol. The second kappa shape index (κ2) is 5.80. The van der Waals surface area contributed by atoms with Gasteiger partial charge in [0, 0.05) is 30.5 Å². The Morgan fingerprint density at radius 3 is 2.55 bits per heavy atom. The van der Waals surface area contributed by atoms with Gasteiger partial charge < -0.3 is 20.3 Å². The van der Waals surface area contributed by atoms with E-state index in [4.69, 9.17) is 4.74 Å². The molecule has 7 heteroatoms. The van der Waals surface area contributed by atoms with Crippen LogP contribution in [0, 0.1) is 0 Å². The summed E-state index contributed by atoms with van der Waals surface area (Å²) in [7, 11) is 0. The van der Waals surface area contributed by atoms with Crippen molar-refractivity contribution in [3.8, 4) is 5.75 Å². The highest BCUT2D eigenvalue weighted by molar-refractivity contribution is 9.10. The number of halogens is 1. The van der Waals surface area contributed by atoms with Gasteiger partial charge in [-0.15, -0.1) is 0 Å². The molecule has 108 valence electrons. The number of hydrogen-bond acceptors (Lipinski definition) is 4. The lowest BCUT2D eigenvalue weighted by atomic mass is 9.89. The number of phenols is 1. The van der Waals surface area contributed by atoms with Crippen molar-refractivity contribution in [1.29, 1.82) is 0 Å². The van der Waals surface area contributed by atoms with Gasteiger partial charge in [0.15, 0.2) is 0 Å². The second-order valence-corrected chi connectivity index (χ2v) is 5.53. The highest BCUT2D eigenvalue weighted by Crippen LogP contribution is 2.25. The number of benzene rings is 1. The summed E-state index contributed by atoms with van der Waals surface area (Å²) >= 11 is 3.20. The Hall–Kier alpha value is -1.60. The van der Waals surface area contributed by atoms with Gasteiger partial charge in [-0.1, -0.05) is 15.9 Å². The maximum absolute atomic E-state index is 12.2. The fraction of sp³-hybridized carbons (Fsp3) is 0.385. The van der Waals surface area contributed by atoms with E-state index in [-0.39, 0.29) is 37.4 Å². The molecule has 0 atom stereocenters. The molecule has 0 saturated carbocycles. The van der Waals surface area contributed by atoms with Gasteiger partial charge in [0.05, 0.1) is 5.56 Å². The van der Waals surface area contributed by atoms with E-state index in [1.165, 1.54) is 12.1 Å². The third kappa shape index (κ3) is 2.94. The average Bonchev–Trinajstić information content (AvgIpc) is 2.42. The molecule has 6 nitrogen and oxygen atoms in total. The van der Waals surface area contributed by atoms with Crippen molar-refractivity contribution in [2.75, 3.05) is 13.2 Å². The third-order valence-electron chi connectivity index (χ3n) is 3.31. The van der Waals surface area contributed by atoms with Crippen LogP contribution in [0.15, 0.2) is 22.7 Å². The van der Waals surface area contributed by atoms with Crippen molar-refractivity contribution >= 4 is 27.8 Å². The van der Waals surface area contributed by atoms with Gasteiger partial charge in [-0.25, -0.2) is 4.79 Å². The molecule has 1 saturated heterocycles. The summed E-state index contributed by atoms with van der Waals surface area (Å²) in [5.41, 5.74) is -1.31. The maximum atomic E-state index is 12.2. The molecule has 20 heavy (non-hydrogen) atoms. The Kier molecular flexibility index (Phi) is 4.29. The van der Waals surface area contributed by atoms with Crippen LogP contribution in [-0.2, 0) is 9.53 Å². The molecule has 0 aliphatic carbocycles. The molecule has 1 aromatic carbocycles. The van der Waals surface area contributed by atoms with Crippen LogP contribution in [0.2, 0.25) is 0 Å². The summed E-state index contributed by atoms with van der Waals surface area (Å²) in [6.07, 6.45) is 0.395. The first-order chi connectivity index (χ1) is 9.44. The highest BCUT2D eigenvalue weighted by Gasteiger charge is 2.42. The van der Waals surface area contributed by atoms with Crippen LogP contribution in [0.25, 0.3) is 0 Å². The van der Waals surface area contributed by atoms with Crippen LogP contribution in [0.5, 0.6) is 5.75 Å². The van der Waals surface area contributed by atoms with Gasteiger partial charge in [0.2, 0.25) is 0 Å². The van der Waals surface area contributed by atoms with E-state index in [2.05, 4.69) is 21.2 Å². The van der Waals surface area contributed by atoms with E-state index >= 15 is 0 Å². The molecule has 2 rings (SSSR count). The molecular formula is C13H14BrNO5. The topological polar surface area (TPSA) is 95.9 Å². The Labute approximate surface area is 123 Å². The Bertz CT molecular complexity index is 540. The summed E-state index contributed by atoms with van der Waals surface area (Å²) in [5.74, 6) is -1.91. The lowest BCUT2D eigenvalue weighted by molar-refractivity contribution is -0.148. The number of phenolic OH excluding ortho intramolecular Hbond substituents is 1. The lowest BCUT2D eigenvalue weighted by Gasteiger charge is -2.33. The number of aromatic hydroxyl groups is 1. The van der Waals surface area contributed by atoms with Crippen LogP contribution in [-0.4, -0.2) is 40.8 Å². The first-order valence-electron chi connectivity index (χ1n) is 6.07. The molecule has 1 fully saturated rings. The molecule has 1 heterocycles. The number of amides is 1. The van der Waals surface area contributed by atoms with Crippen LogP contribution in [0.3, 0.4) is 0 Å². The van der Waals surface area contributed by atoms with Crippen LogP contribution < -0.4 is 5.32 Å². The minimum absolute atomic E-state index is 0.0338. The molecule has 0 unspecified atom stereocenters. The van der Waals surface area contributed by atoms with Gasteiger partial charge >= 0.3 is 5.97 Å². The zero-order valence-corrected chi connectivity index (χ0v) is 12.1. The number of carboxylic acid groups (broad SMARTS) is 1. The quantitative estimate of drug-likeness (QED) is 0.773. The molecule has 1 aromatic rings. The second-order valence-electron chi connectivity index (χ2n) is 4.62. The number of nitrogens with one attached hydrogen (secondary N) is 1. The van der Waals surface area contributed by atoms with Crippen molar-refractivity contribution in [2.45, 2.75) is 18.4 Å². The van der Waals surface area contributed by atoms with E-state index in [0.717, 1.165) is 0 Å². The van der Waals surface area contributed by atoms with Gasteiger partial charge in [0.1, 0.15) is 11.3 Å². The predicted molar refractivity (Wildman–Crippen MR) is 73.7 cm³/mol. The van der Waals surface area contributed by atoms with Gasteiger partial charge in [0.25, 0.3) is 5.91 Å². The first kappa shape index (κ1) is 14.8. The number of aliphatic carboxylic acids is 1. The normalized spacial score (nSPS) is 17.4. The molecule has 0 aromatic heterocycles. The number of hydrogen-bond donors (Lipinski definition) is 3. The molecule has 1 amide bonds. The van der Waals surface area contributed by atoms with Crippen molar-refractivity contribution in [2.24, 2.45) is 0 Å². The number of carbonyl (C=O) groups excluding carboxylic acids is 1. The largest absolute Gasteiger partial charge is 0.507 e. The van der Waals surface area contributed by atoms with E-state index in [1.54, 1.807) is 6.07 Å². The van der Waals surface area contributed by atoms with E-state index < -0.39 is 17.4 Å². The predicted octanol–water partition coefficient (Wildman–Crippen LogP) is 1.52. The minimum atomic E-state index is -1.34. The Balaban J connectivity index is 2.24. The van der Waals surface area contributed by atoms with E-state index in [9.17, 15) is 19.8 Å². The van der Waals surface area contributed by atoms with Gasteiger partial charge in [-0.3, -0.25) is 4.79 Å². The number of rotatable bonds is 3. The van der Waals surface area contributed by atoms with Crippen molar-refractivity contribution in [3.05, 3.63) is 28.2 Å². The van der Waals surface area contributed by atoms with Crippen molar-refractivity contribution in [3.63, 3.8) is 0 Å². The summed E-state index contributed by atoms with van der Waals surface area (Å²) in [4.78, 5) is 23.7. The van der Waals surface area contributed by atoms with Gasteiger partial charge in [-0.05, 0) is 18.2 Å². The van der Waals surface area contributed by atoms with Gasteiger partial charge in [-0.2, -0.15) is 0 Å². The van der Waals surface area contributed by atoms with Crippen molar-refractivity contribution in [1.82, 2.24) is 5.32 Å². The van der Waals surface area contributed by atoms with Crippen molar-refractivity contribution < 1.29 is 24.5 Å². The highest BCUT2D eigenvalue weighted by atomic mass is 79.9. The number of carboxylic acids is 1. The Morgan fingerprint density at radius 2 is 1.95 bits per heavy atom. The maximum Gasteiger partial charge on any atom is 0.329 e. The summed E-state index contributed by atoms with van der Waals surface area (Å²) in [6.45, 7) is 0.550. The molecule has 0 radical (unpaired) electrons. The monoisotopic (exact) mass is 343 g/mol. The third-order valence-corrected chi connectivity index (χ3v) is 3.81. The SMILES string of the molecule is O=C(NC1(C(=O)O)CCOCC1)c1cc(Br)ccc1O. The molecule has 0 bridgehead atoms. The van der Waals surface area contributed by atoms with Crippen LogP contribution in [0.4, 0.5) is 0 Å². The molecule has 1 aliphatic rings. The summed E-state index contributed by atoms with van der Waals surface area (Å²) < 4.78 is 5.76. The molecule has 1 aliphatic heterocycles. The molecule has 3 N–H and O–H groups in total. The minimum Gasteiger partial charge on any atom is -0.507 e. The van der Waals surface area contributed by atoms with E-state index in [1.807, 2.05) is 0 Å². The fourth-order valence-corrected chi connectivity index (χ4v) is 2.45. The standard InChI is InChI=1S/C13H14BrNO5/c14-8-1-2-10(16)9(7-8)11(17)15-13(12(18)19)3-5-20-6-4-13/h1-2,7,16H,3-6H2,(H,15,17)(H,18,19). The number of ether oxygens (including phenoxy) is 1. The van der Waals surface area contributed by atoms with Crippen LogP contribution in [0.1, 0.15) is 23.2 Å². The van der Waals surface area contributed by atoms with Crippen LogP contribution >= 0.6 is 15.9 Å². The summed E-state index contributed by atoms with van der Waals surface area (Å²) in [5, 5.41) is 21.6. The number of carbonyl (C=O) groups is 2. The lowest BCUT2D eigenvalue weighted by Crippen LogP contribution is -2.57. The average molecular weight is 344 g/mol. The zero-order chi connectivity index (χ0) is 14.8. The van der Waals surface area contributed by atoms with E-state index in [0.29, 0.717) is 4.47 Å². The first-order valence-corrected chi connectivity index (χ1v) is 6.86. The Morgan fingerprint density at radius 1 is 1.30 bits per heavy atom.